The maximum absolute atomic E-state index is 11.6. The molecular formula is C15H25NO3. The summed E-state index contributed by atoms with van der Waals surface area (Å²) >= 11 is 0. The summed E-state index contributed by atoms with van der Waals surface area (Å²) in [4.78, 5) is 11.6. The first-order valence-electron chi connectivity index (χ1n) is 6.84. The summed E-state index contributed by atoms with van der Waals surface area (Å²) in [5, 5.41) is 18.9. The minimum atomic E-state index is -0.484. The molecule has 4 nitrogen and oxygen atoms in total. The number of hydrogen-bond donors (Lipinski definition) is 2. The van der Waals surface area contributed by atoms with E-state index in [1.807, 2.05) is 13.8 Å². The van der Waals surface area contributed by atoms with Crippen LogP contribution < -0.4 is 5.56 Å². The van der Waals surface area contributed by atoms with E-state index >= 15 is 0 Å². The number of nitrogens with zero attached hydrogens (tertiary/aromatic N) is 1. The molecule has 1 aromatic heterocycles. The average molecular weight is 267 g/mol. The number of aromatic nitrogens is 1. The predicted molar refractivity (Wildman–Crippen MR) is 78.0 cm³/mol. The Kier molecular flexibility index (Phi) is 8.42. The normalized spacial score (nSPS) is 14.6. The van der Waals surface area contributed by atoms with Crippen molar-refractivity contribution >= 4 is 0 Å². The minimum absolute atomic E-state index is 0.0113. The lowest BCUT2D eigenvalue weighted by Crippen LogP contribution is -2.24. The van der Waals surface area contributed by atoms with Crippen LogP contribution in [0.25, 0.3) is 0 Å². The summed E-state index contributed by atoms with van der Waals surface area (Å²) in [7, 11) is 0. The third-order valence-corrected chi connectivity index (χ3v) is 3.10. The first-order chi connectivity index (χ1) is 9.20. The number of hydrogen-bond acceptors (Lipinski definition) is 3. The van der Waals surface area contributed by atoms with E-state index in [9.17, 15) is 15.1 Å². The summed E-state index contributed by atoms with van der Waals surface area (Å²) in [6, 6.07) is 1.37. The molecule has 2 N–H and O–H groups in total. The molecule has 0 aromatic carbocycles. The Hall–Kier alpha value is -1.71. The van der Waals surface area contributed by atoms with E-state index in [0.29, 0.717) is 10.3 Å². The minimum Gasteiger partial charge on any atom is -0.507 e. The van der Waals surface area contributed by atoms with E-state index in [1.165, 1.54) is 18.7 Å². The van der Waals surface area contributed by atoms with Crippen LogP contribution in [-0.2, 0) is 0 Å². The molecule has 4 heteroatoms. The molecule has 0 radical (unpaired) electrons. The fourth-order valence-electron chi connectivity index (χ4n) is 2.31. The second-order valence-electron chi connectivity index (χ2n) is 4.10. The van der Waals surface area contributed by atoms with Gasteiger partial charge in [0.2, 0.25) is 0 Å². The van der Waals surface area contributed by atoms with Crippen molar-refractivity contribution in [3.05, 3.63) is 41.3 Å². The van der Waals surface area contributed by atoms with Crippen LogP contribution in [-0.4, -0.2) is 15.0 Å². The Bertz CT molecular complexity index is 420. The summed E-state index contributed by atoms with van der Waals surface area (Å²) < 4.78 is 0.545. The highest BCUT2D eigenvalue weighted by Gasteiger charge is 2.22. The Balaban J connectivity index is 0.000000741. The Morgan fingerprint density at radius 1 is 1.21 bits per heavy atom. The molecule has 0 aliphatic heterocycles. The zero-order valence-electron chi connectivity index (χ0n) is 11.9. The molecule has 0 atom stereocenters. The highest BCUT2D eigenvalue weighted by Crippen LogP contribution is 2.34. The van der Waals surface area contributed by atoms with Gasteiger partial charge in [-0.25, -0.2) is 0 Å². The number of rotatable bonds is 1. The molecular weight excluding hydrogens is 242 g/mol. The van der Waals surface area contributed by atoms with Crippen LogP contribution in [0.4, 0.5) is 0 Å². The molecule has 1 aliphatic rings. The lowest BCUT2D eigenvalue weighted by Gasteiger charge is -2.21. The molecule has 1 fully saturated rings. The molecule has 0 saturated heterocycles. The maximum atomic E-state index is 11.6. The van der Waals surface area contributed by atoms with Gasteiger partial charge < -0.3 is 10.3 Å². The molecule has 1 aliphatic carbocycles. The van der Waals surface area contributed by atoms with Gasteiger partial charge in [-0.05, 0) is 18.8 Å². The van der Waals surface area contributed by atoms with Crippen LogP contribution in [0.1, 0.15) is 57.4 Å². The Labute approximate surface area is 115 Å². The predicted octanol–water partition coefficient (Wildman–Crippen LogP) is 3.67. The van der Waals surface area contributed by atoms with Crippen molar-refractivity contribution in [2.75, 3.05) is 0 Å². The van der Waals surface area contributed by atoms with Crippen molar-refractivity contribution in [2.24, 2.45) is 0 Å². The van der Waals surface area contributed by atoms with Gasteiger partial charge in [-0.15, -0.1) is 13.2 Å². The second-order valence-corrected chi connectivity index (χ2v) is 4.10. The van der Waals surface area contributed by atoms with Crippen molar-refractivity contribution in [3.8, 4) is 5.75 Å². The van der Waals surface area contributed by atoms with E-state index in [2.05, 4.69) is 13.2 Å². The third-order valence-electron chi connectivity index (χ3n) is 3.10. The van der Waals surface area contributed by atoms with Crippen molar-refractivity contribution < 1.29 is 10.3 Å². The van der Waals surface area contributed by atoms with Gasteiger partial charge >= 0.3 is 0 Å². The van der Waals surface area contributed by atoms with Gasteiger partial charge in [0.15, 0.2) is 0 Å². The van der Waals surface area contributed by atoms with E-state index in [0.717, 1.165) is 25.7 Å². The molecule has 0 amide bonds. The fraction of sp³-hybridized carbons (Fsp3) is 0.533. The SMILES string of the molecule is C=C.CC.O=c1c(C2CCCCC2)c(O)ccn1O. The Morgan fingerprint density at radius 2 is 1.74 bits per heavy atom. The van der Waals surface area contributed by atoms with Crippen LogP contribution in [0.15, 0.2) is 30.2 Å². The van der Waals surface area contributed by atoms with Gasteiger partial charge in [0.1, 0.15) is 5.75 Å². The second kappa shape index (κ2) is 9.25. The summed E-state index contributed by atoms with van der Waals surface area (Å²) in [5.74, 6) is 0.114. The molecule has 1 saturated carbocycles. The first kappa shape index (κ1) is 17.3. The number of aromatic hydroxyl groups is 1. The highest BCUT2D eigenvalue weighted by atomic mass is 16.5. The average Bonchev–Trinajstić information content (AvgIpc) is 2.49. The lowest BCUT2D eigenvalue weighted by atomic mass is 9.84. The third kappa shape index (κ3) is 4.47. The first-order valence-corrected chi connectivity index (χ1v) is 6.84. The number of pyridine rings is 1. The van der Waals surface area contributed by atoms with Crippen LogP contribution in [0.2, 0.25) is 0 Å². The van der Waals surface area contributed by atoms with E-state index < -0.39 is 5.56 Å². The van der Waals surface area contributed by atoms with Gasteiger partial charge in [-0.1, -0.05) is 33.1 Å². The van der Waals surface area contributed by atoms with Crippen LogP contribution in [0.3, 0.4) is 0 Å². The van der Waals surface area contributed by atoms with E-state index in [4.69, 9.17) is 0 Å². The molecule has 1 heterocycles. The summed E-state index contributed by atoms with van der Waals surface area (Å²) in [6.07, 6.45) is 6.38. The lowest BCUT2D eigenvalue weighted by molar-refractivity contribution is 0.171. The van der Waals surface area contributed by atoms with E-state index in [-0.39, 0.29) is 11.7 Å². The Morgan fingerprint density at radius 3 is 2.26 bits per heavy atom. The van der Waals surface area contributed by atoms with Gasteiger partial charge in [0.05, 0.1) is 11.8 Å². The van der Waals surface area contributed by atoms with Crippen molar-refractivity contribution in [1.82, 2.24) is 4.73 Å². The van der Waals surface area contributed by atoms with Crippen LogP contribution in [0, 0.1) is 0 Å². The highest BCUT2D eigenvalue weighted by molar-refractivity contribution is 5.32. The van der Waals surface area contributed by atoms with Gasteiger partial charge in [-0.2, -0.15) is 4.73 Å². The maximum Gasteiger partial charge on any atom is 0.290 e. The molecule has 0 bridgehead atoms. The monoisotopic (exact) mass is 267 g/mol. The quantitative estimate of drug-likeness (QED) is 0.603. The standard InChI is InChI=1S/C11H15NO3.C2H6.C2H4/c13-9-6-7-12(15)11(14)10(9)8-4-2-1-3-5-8;2*1-2/h6-8,13,15H,1-5H2;1-2H3;1-2H2. The van der Waals surface area contributed by atoms with Crippen molar-refractivity contribution in [2.45, 2.75) is 51.9 Å². The fourth-order valence-corrected chi connectivity index (χ4v) is 2.31. The van der Waals surface area contributed by atoms with Crippen LogP contribution >= 0.6 is 0 Å². The van der Waals surface area contributed by atoms with Crippen LogP contribution in [0.5, 0.6) is 5.75 Å². The molecule has 19 heavy (non-hydrogen) atoms. The molecule has 2 rings (SSSR count). The zero-order chi connectivity index (χ0) is 14.8. The summed E-state index contributed by atoms with van der Waals surface area (Å²) in [6.45, 7) is 10.0. The summed E-state index contributed by atoms with van der Waals surface area (Å²) in [5.41, 5.74) is -0.110. The molecule has 108 valence electrons. The zero-order valence-corrected chi connectivity index (χ0v) is 11.9. The molecule has 0 unspecified atom stereocenters. The largest absolute Gasteiger partial charge is 0.507 e. The van der Waals surface area contributed by atoms with Gasteiger partial charge in [0.25, 0.3) is 5.56 Å². The molecule has 0 spiro atoms. The van der Waals surface area contributed by atoms with Crippen molar-refractivity contribution in [3.63, 3.8) is 0 Å². The molecule has 1 aromatic rings. The topological polar surface area (TPSA) is 62.5 Å². The van der Waals surface area contributed by atoms with Gasteiger partial charge in [0, 0.05) is 6.07 Å². The smallest absolute Gasteiger partial charge is 0.290 e. The van der Waals surface area contributed by atoms with Gasteiger partial charge in [-0.3, -0.25) is 4.79 Å². The van der Waals surface area contributed by atoms with E-state index in [1.54, 1.807) is 0 Å². The van der Waals surface area contributed by atoms with Crippen molar-refractivity contribution in [1.29, 1.82) is 0 Å².